The third-order valence-corrected chi connectivity index (χ3v) is 4.71. The van der Waals surface area contributed by atoms with Crippen molar-refractivity contribution in [2.75, 3.05) is 26.1 Å². The summed E-state index contributed by atoms with van der Waals surface area (Å²) >= 11 is 0. The number of halogens is 1. The van der Waals surface area contributed by atoms with Gasteiger partial charge in [0.2, 0.25) is 0 Å². The zero-order valence-corrected chi connectivity index (χ0v) is 16.8. The van der Waals surface area contributed by atoms with E-state index in [2.05, 4.69) is 10.3 Å². The molecule has 0 aliphatic carbocycles. The molecule has 2 heterocycles. The molecule has 6 nitrogen and oxygen atoms in total. The summed E-state index contributed by atoms with van der Waals surface area (Å²) in [7, 11) is 3.25. The summed E-state index contributed by atoms with van der Waals surface area (Å²) in [5.74, 6) is 0.346. The van der Waals surface area contributed by atoms with Crippen molar-refractivity contribution in [2.24, 2.45) is 0 Å². The van der Waals surface area contributed by atoms with Gasteiger partial charge < -0.3 is 19.9 Å². The molecule has 0 saturated heterocycles. The molecule has 2 aromatic carbocycles. The largest absolute Gasteiger partial charge is 0.496 e. The Morgan fingerprint density at radius 1 is 1.23 bits per heavy atom. The average Bonchev–Trinajstić information content (AvgIpc) is 2.79. The van der Waals surface area contributed by atoms with E-state index in [1.165, 1.54) is 36.2 Å². The van der Waals surface area contributed by atoms with Crippen LogP contribution >= 0.6 is 0 Å². The van der Waals surface area contributed by atoms with E-state index in [4.69, 9.17) is 14.6 Å². The number of carboxylic acid groups (broad SMARTS) is 1. The van der Waals surface area contributed by atoms with Crippen molar-refractivity contribution in [1.82, 2.24) is 4.98 Å². The number of anilines is 1. The van der Waals surface area contributed by atoms with Crippen molar-refractivity contribution in [3.8, 4) is 22.6 Å². The van der Waals surface area contributed by atoms with Crippen LogP contribution in [0.4, 0.5) is 10.1 Å². The zero-order chi connectivity index (χ0) is 21.5. The van der Waals surface area contributed by atoms with E-state index in [1.54, 1.807) is 20.2 Å². The summed E-state index contributed by atoms with van der Waals surface area (Å²) < 4.78 is 24.4. The van der Waals surface area contributed by atoms with Crippen LogP contribution in [0.1, 0.15) is 22.3 Å². The van der Waals surface area contributed by atoms with Gasteiger partial charge in [-0.1, -0.05) is 12.1 Å². The predicted molar refractivity (Wildman–Crippen MR) is 113 cm³/mol. The van der Waals surface area contributed by atoms with Crippen LogP contribution in [0.15, 0.2) is 54.9 Å². The summed E-state index contributed by atoms with van der Waals surface area (Å²) in [5.41, 5.74) is 3.64. The van der Waals surface area contributed by atoms with Crippen molar-refractivity contribution in [2.45, 2.75) is 12.8 Å². The lowest BCUT2D eigenvalue weighted by Gasteiger charge is -2.18. The molecule has 0 radical (unpaired) electrons. The third-order valence-electron chi connectivity index (χ3n) is 4.71. The highest BCUT2D eigenvalue weighted by molar-refractivity contribution is 5.93. The van der Waals surface area contributed by atoms with Crippen LogP contribution in [0.5, 0.6) is 11.5 Å². The SMILES string of the molecule is CNc1cnccc1C(=O)O.COc1ccc(F)cc1-c1ccc2c(c1)OCCC2. The lowest BCUT2D eigenvalue weighted by atomic mass is 9.99. The summed E-state index contributed by atoms with van der Waals surface area (Å²) in [6.45, 7) is 0.747. The van der Waals surface area contributed by atoms with Gasteiger partial charge in [-0.3, -0.25) is 4.98 Å². The number of aromatic nitrogens is 1. The van der Waals surface area contributed by atoms with E-state index < -0.39 is 5.97 Å². The molecule has 1 aliphatic heterocycles. The molecule has 4 rings (SSSR count). The van der Waals surface area contributed by atoms with Gasteiger partial charge >= 0.3 is 5.97 Å². The van der Waals surface area contributed by atoms with Crippen LogP contribution in [0, 0.1) is 5.82 Å². The Bertz CT molecular complexity index is 1040. The highest BCUT2D eigenvalue weighted by Gasteiger charge is 2.14. The normalized spacial score (nSPS) is 12.0. The van der Waals surface area contributed by atoms with Gasteiger partial charge in [0.05, 0.1) is 31.2 Å². The molecule has 0 spiro atoms. The van der Waals surface area contributed by atoms with E-state index in [9.17, 15) is 9.18 Å². The molecule has 1 aliphatic rings. The molecule has 0 saturated carbocycles. The molecule has 156 valence electrons. The summed E-state index contributed by atoms with van der Waals surface area (Å²) in [4.78, 5) is 14.3. The Balaban J connectivity index is 0.000000199. The maximum absolute atomic E-state index is 13.4. The number of fused-ring (bicyclic) bond motifs is 1. The van der Waals surface area contributed by atoms with Crippen molar-refractivity contribution >= 4 is 11.7 Å². The van der Waals surface area contributed by atoms with Gasteiger partial charge in [0.15, 0.2) is 0 Å². The third kappa shape index (κ3) is 4.86. The number of rotatable bonds is 4. The monoisotopic (exact) mass is 410 g/mol. The van der Waals surface area contributed by atoms with Crippen molar-refractivity contribution in [3.63, 3.8) is 0 Å². The summed E-state index contributed by atoms with van der Waals surface area (Å²) in [5, 5.41) is 11.4. The Labute approximate surface area is 174 Å². The van der Waals surface area contributed by atoms with Crippen LogP contribution in [0.2, 0.25) is 0 Å². The van der Waals surface area contributed by atoms with Gasteiger partial charge in [-0.15, -0.1) is 0 Å². The molecule has 0 fully saturated rings. The van der Waals surface area contributed by atoms with Crippen LogP contribution in [-0.2, 0) is 6.42 Å². The number of nitrogens with zero attached hydrogens (tertiary/aromatic N) is 1. The Morgan fingerprint density at radius 2 is 2.07 bits per heavy atom. The molecular formula is C23H23FN2O4. The second kappa shape index (κ2) is 9.73. The zero-order valence-electron chi connectivity index (χ0n) is 16.8. The molecular weight excluding hydrogens is 387 g/mol. The van der Waals surface area contributed by atoms with Gasteiger partial charge in [-0.2, -0.15) is 0 Å². The molecule has 3 aromatic rings. The smallest absolute Gasteiger partial charge is 0.337 e. The number of benzene rings is 2. The molecule has 30 heavy (non-hydrogen) atoms. The van der Waals surface area contributed by atoms with Gasteiger partial charge in [-0.05, 0) is 54.3 Å². The number of hydrogen-bond donors (Lipinski definition) is 2. The minimum atomic E-state index is -0.947. The first-order chi connectivity index (χ1) is 14.5. The van der Waals surface area contributed by atoms with E-state index in [-0.39, 0.29) is 11.4 Å². The fourth-order valence-electron chi connectivity index (χ4n) is 3.19. The standard InChI is InChI=1S/C16H15FO2.C7H8N2O2/c1-18-15-7-6-13(17)10-14(15)12-5-4-11-3-2-8-19-16(11)9-12;1-8-6-4-9-3-2-5(6)7(10)11/h4-7,9-10H,2-3,8H2,1H3;2-4,8H,1H3,(H,10,11). The van der Waals surface area contributed by atoms with Crippen molar-refractivity contribution < 1.29 is 23.8 Å². The van der Waals surface area contributed by atoms with Crippen molar-refractivity contribution in [3.05, 3.63) is 71.8 Å². The van der Waals surface area contributed by atoms with E-state index in [1.807, 2.05) is 18.2 Å². The van der Waals surface area contributed by atoms with Gasteiger partial charge in [0.25, 0.3) is 0 Å². The first kappa shape index (κ1) is 21.1. The number of aromatic carboxylic acids is 1. The molecule has 2 N–H and O–H groups in total. The first-order valence-electron chi connectivity index (χ1n) is 9.48. The van der Waals surface area contributed by atoms with Gasteiger partial charge in [0, 0.05) is 18.8 Å². The second-order valence-electron chi connectivity index (χ2n) is 6.60. The number of hydrogen-bond acceptors (Lipinski definition) is 5. The first-order valence-corrected chi connectivity index (χ1v) is 9.48. The molecule has 1 aromatic heterocycles. The average molecular weight is 410 g/mol. The molecule has 0 atom stereocenters. The minimum Gasteiger partial charge on any atom is -0.496 e. The lowest BCUT2D eigenvalue weighted by Crippen LogP contribution is -2.08. The number of carbonyl (C=O) groups is 1. The Kier molecular flexibility index (Phi) is 6.85. The fraction of sp³-hybridized carbons (Fsp3) is 0.217. The number of nitrogens with one attached hydrogen (secondary N) is 1. The molecule has 0 bridgehead atoms. The second-order valence-corrected chi connectivity index (χ2v) is 6.60. The number of carboxylic acids is 1. The highest BCUT2D eigenvalue weighted by atomic mass is 19.1. The number of methoxy groups -OCH3 is 1. The molecule has 0 unspecified atom stereocenters. The summed E-state index contributed by atoms with van der Waals surface area (Å²) in [6, 6.07) is 12.0. The molecule has 0 amide bonds. The minimum absolute atomic E-state index is 0.238. The topological polar surface area (TPSA) is 80.7 Å². The van der Waals surface area contributed by atoms with E-state index in [0.717, 1.165) is 36.3 Å². The Hall–Kier alpha value is -3.61. The van der Waals surface area contributed by atoms with Crippen LogP contribution in [-0.4, -0.2) is 36.8 Å². The number of aryl methyl sites for hydroxylation is 1. The summed E-state index contributed by atoms with van der Waals surface area (Å²) in [6.07, 6.45) is 5.01. The van der Waals surface area contributed by atoms with Crippen molar-refractivity contribution in [1.29, 1.82) is 0 Å². The quantitative estimate of drug-likeness (QED) is 0.652. The van der Waals surface area contributed by atoms with E-state index in [0.29, 0.717) is 11.4 Å². The van der Waals surface area contributed by atoms with Gasteiger partial charge in [-0.25, -0.2) is 9.18 Å². The maximum atomic E-state index is 13.4. The van der Waals surface area contributed by atoms with Crippen LogP contribution in [0.3, 0.4) is 0 Å². The number of pyridine rings is 1. The number of ether oxygens (including phenoxy) is 2. The fourth-order valence-corrected chi connectivity index (χ4v) is 3.19. The predicted octanol–water partition coefficient (Wildman–Crippen LogP) is 4.65. The van der Waals surface area contributed by atoms with Gasteiger partial charge in [0.1, 0.15) is 17.3 Å². The van der Waals surface area contributed by atoms with Crippen LogP contribution in [0.25, 0.3) is 11.1 Å². The Morgan fingerprint density at radius 3 is 2.77 bits per heavy atom. The maximum Gasteiger partial charge on any atom is 0.337 e. The van der Waals surface area contributed by atoms with Crippen LogP contribution < -0.4 is 14.8 Å². The van der Waals surface area contributed by atoms with E-state index >= 15 is 0 Å². The highest BCUT2D eigenvalue weighted by Crippen LogP contribution is 2.35. The lowest BCUT2D eigenvalue weighted by molar-refractivity contribution is 0.0698. The molecule has 7 heteroatoms.